The van der Waals surface area contributed by atoms with Crippen LogP contribution in [-0.4, -0.2) is 37.3 Å². The molecule has 0 atom stereocenters. The maximum atomic E-state index is 12.5. The lowest BCUT2D eigenvalue weighted by Crippen LogP contribution is -2.37. The van der Waals surface area contributed by atoms with E-state index in [0.29, 0.717) is 18.0 Å². The maximum absolute atomic E-state index is 12.5. The molecule has 2 heterocycles. The molecule has 18 heavy (non-hydrogen) atoms. The highest BCUT2D eigenvalue weighted by molar-refractivity contribution is 7.99. The van der Waals surface area contributed by atoms with Gasteiger partial charge in [-0.15, -0.1) is 0 Å². The van der Waals surface area contributed by atoms with Crippen molar-refractivity contribution in [2.45, 2.75) is 18.0 Å². The molecule has 3 rings (SSSR count). The van der Waals surface area contributed by atoms with Gasteiger partial charge >= 0.3 is 0 Å². The number of fused-ring (bicyclic) bond motifs is 1. The van der Waals surface area contributed by atoms with Gasteiger partial charge in [-0.2, -0.15) is 16.1 Å². The Balaban J connectivity index is 1.93. The van der Waals surface area contributed by atoms with E-state index in [9.17, 15) is 8.42 Å². The van der Waals surface area contributed by atoms with E-state index in [2.05, 4.69) is 5.32 Å². The van der Waals surface area contributed by atoms with Gasteiger partial charge in [-0.3, -0.25) is 0 Å². The molecule has 1 fully saturated rings. The zero-order valence-corrected chi connectivity index (χ0v) is 11.7. The van der Waals surface area contributed by atoms with Crippen LogP contribution < -0.4 is 5.32 Å². The monoisotopic (exact) mass is 284 g/mol. The molecular formula is C12H16N2O2S2. The molecule has 0 aromatic heterocycles. The molecule has 2 aliphatic rings. The third kappa shape index (κ3) is 2.18. The van der Waals surface area contributed by atoms with Crippen LogP contribution in [0.15, 0.2) is 23.1 Å². The van der Waals surface area contributed by atoms with Crippen molar-refractivity contribution >= 4 is 21.8 Å². The summed E-state index contributed by atoms with van der Waals surface area (Å²) in [4.78, 5) is 0.442. The Morgan fingerprint density at radius 3 is 2.61 bits per heavy atom. The van der Waals surface area contributed by atoms with E-state index in [1.807, 2.05) is 23.9 Å². The zero-order valence-electron chi connectivity index (χ0n) is 10.1. The maximum Gasteiger partial charge on any atom is 0.243 e. The second-order valence-corrected chi connectivity index (χ2v) is 7.71. The van der Waals surface area contributed by atoms with Crippen LogP contribution in [0.2, 0.25) is 0 Å². The normalized spacial score (nSPS) is 20.9. The highest BCUT2D eigenvalue weighted by atomic mass is 32.2. The van der Waals surface area contributed by atoms with Crippen LogP contribution in [0.25, 0.3) is 0 Å². The Labute approximate surface area is 112 Å². The van der Waals surface area contributed by atoms with Crippen LogP contribution >= 0.6 is 11.8 Å². The van der Waals surface area contributed by atoms with Gasteiger partial charge in [0.25, 0.3) is 0 Å². The second-order valence-electron chi connectivity index (χ2n) is 4.55. The smallest absolute Gasteiger partial charge is 0.243 e. The first-order valence-corrected chi connectivity index (χ1v) is 8.68. The lowest BCUT2D eigenvalue weighted by atomic mass is 10.1. The molecule has 98 valence electrons. The molecule has 1 saturated heterocycles. The van der Waals surface area contributed by atoms with E-state index in [4.69, 9.17) is 0 Å². The van der Waals surface area contributed by atoms with Crippen molar-refractivity contribution in [3.05, 3.63) is 29.3 Å². The van der Waals surface area contributed by atoms with Gasteiger partial charge in [0, 0.05) is 37.7 Å². The van der Waals surface area contributed by atoms with Gasteiger partial charge in [0.05, 0.1) is 4.90 Å². The third-order valence-corrected chi connectivity index (χ3v) is 6.25. The van der Waals surface area contributed by atoms with Crippen LogP contribution in [0, 0.1) is 0 Å². The number of hydrogen-bond donors (Lipinski definition) is 1. The molecule has 1 N–H and O–H groups in total. The van der Waals surface area contributed by atoms with Gasteiger partial charge in [-0.05, 0) is 23.3 Å². The lowest BCUT2D eigenvalue weighted by molar-refractivity contribution is 0.443. The van der Waals surface area contributed by atoms with Gasteiger partial charge in [-0.25, -0.2) is 8.42 Å². The SMILES string of the molecule is O=S(=O)(c1ccc2c(c1)CNC2)N1CCSCC1. The molecule has 2 aliphatic heterocycles. The number of hydrogen-bond acceptors (Lipinski definition) is 4. The summed E-state index contributed by atoms with van der Waals surface area (Å²) in [5, 5.41) is 3.23. The van der Waals surface area contributed by atoms with Gasteiger partial charge in [0.15, 0.2) is 0 Å². The van der Waals surface area contributed by atoms with Crippen LogP contribution in [0.5, 0.6) is 0 Å². The Hall–Kier alpha value is -0.560. The molecule has 0 bridgehead atoms. The van der Waals surface area contributed by atoms with Crippen LogP contribution in [-0.2, 0) is 23.1 Å². The molecule has 0 saturated carbocycles. The summed E-state index contributed by atoms with van der Waals surface area (Å²) in [6.07, 6.45) is 0. The zero-order chi connectivity index (χ0) is 12.6. The summed E-state index contributed by atoms with van der Waals surface area (Å²) in [7, 11) is -3.29. The fourth-order valence-electron chi connectivity index (χ4n) is 2.37. The first kappa shape index (κ1) is 12.5. The topological polar surface area (TPSA) is 49.4 Å². The third-order valence-electron chi connectivity index (χ3n) is 3.42. The Morgan fingerprint density at radius 2 is 1.83 bits per heavy atom. The molecule has 0 radical (unpaired) electrons. The minimum atomic E-state index is -3.29. The lowest BCUT2D eigenvalue weighted by Gasteiger charge is -2.25. The van der Waals surface area contributed by atoms with Crippen molar-refractivity contribution in [2.24, 2.45) is 0 Å². The summed E-state index contributed by atoms with van der Waals surface area (Å²) < 4.78 is 26.6. The quantitative estimate of drug-likeness (QED) is 0.881. The van der Waals surface area contributed by atoms with Gasteiger partial charge in [0.2, 0.25) is 10.0 Å². The van der Waals surface area contributed by atoms with E-state index in [0.717, 1.165) is 30.2 Å². The number of benzene rings is 1. The van der Waals surface area contributed by atoms with E-state index in [1.165, 1.54) is 5.56 Å². The van der Waals surface area contributed by atoms with Crippen molar-refractivity contribution in [1.82, 2.24) is 9.62 Å². The molecule has 0 spiro atoms. The number of rotatable bonds is 2. The van der Waals surface area contributed by atoms with E-state index < -0.39 is 10.0 Å². The van der Waals surface area contributed by atoms with Crippen molar-refractivity contribution < 1.29 is 8.42 Å². The summed E-state index contributed by atoms with van der Waals surface area (Å²) in [6.45, 7) is 2.87. The highest BCUT2D eigenvalue weighted by Crippen LogP contribution is 2.24. The van der Waals surface area contributed by atoms with Gasteiger partial charge in [-0.1, -0.05) is 6.07 Å². The first-order valence-electron chi connectivity index (χ1n) is 6.08. The molecule has 4 nitrogen and oxygen atoms in total. The standard InChI is InChI=1S/C12H16N2O2S2/c15-18(16,14-3-5-17-6-4-14)12-2-1-10-8-13-9-11(10)7-12/h1-2,7,13H,3-6,8-9H2. The summed E-state index contributed by atoms with van der Waals surface area (Å²) in [5.74, 6) is 1.79. The molecule has 0 unspecified atom stereocenters. The van der Waals surface area contributed by atoms with Crippen molar-refractivity contribution in [3.63, 3.8) is 0 Å². The molecular weight excluding hydrogens is 268 g/mol. The minimum Gasteiger partial charge on any atom is -0.309 e. The van der Waals surface area contributed by atoms with Crippen LogP contribution in [0.1, 0.15) is 11.1 Å². The predicted molar refractivity (Wildman–Crippen MR) is 73.1 cm³/mol. The Morgan fingerprint density at radius 1 is 1.11 bits per heavy atom. The van der Waals surface area contributed by atoms with Crippen molar-refractivity contribution in [1.29, 1.82) is 0 Å². The van der Waals surface area contributed by atoms with Gasteiger partial charge < -0.3 is 5.32 Å². The molecule has 0 aliphatic carbocycles. The fraction of sp³-hybridized carbons (Fsp3) is 0.500. The van der Waals surface area contributed by atoms with E-state index in [-0.39, 0.29) is 0 Å². The van der Waals surface area contributed by atoms with Gasteiger partial charge in [0.1, 0.15) is 0 Å². The van der Waals surface area contributed by atoms with Crippen molar-refractivity contribution in [2.75, 3.05) is 24.6 Å². The molecule has 1 aromatic rings. The fourth-order valence-corrected chi connectivity index (χ4v) is 4.99. The van der Waals surface area contributed by atoms with Crippen LogP contribution in [0.3, 0.4) is 0 Å². The second kappa shape index (κ2) is 4.85. The number of thioether (sulfide) groups is 1. The number of nitrogens with one attached hydrogen (secondary N) is 1. The minimum absolute atomic E-state index is 0.442. The highest BCUT2D eigenvalue weighted by Gasteiger charge is 2.27. The van der Waals surface area contributed by atoms with Crippen molar-refractivity contribution in [3.8, 4) is 0 Å². The Bertz CT molecular complexity index is 551. The van der Waals surface area contributed by atoms with Crippen LogP contribution in [0.4, 0.5) is 0 Å². The summed E-state index contributed by atoms with van der Waals surface area (Å²) in [6, 6.07) is 5.50. The largest absolute Gasteiger partial charge is 0.309 e. The number of nitrogens with zero attached hydrogens (tertiary/aromatic N) is 1. The first-order chi connectivity index (χ1) is 8.68. The number of sulfonamides is 1. The molecule has 0 amide bonds. The molecule has 6 heteroatoms. The van der Waals surface area contributed by atoms with E-state index in [1.54, 1.807) is 10.4 Å². The average Bonchev–Trinajstić information content (AvgIpc) is 2.87. The summed E-state index contributed by atoms with van der Waals surface area (Å²) >= 11 is 1.81. The Kier molecular flexibility index (Phi) is 3.36. The summed E-state index contributed by atoms with van der Waals surface area (Å²) in [5.41, 5.74) is 2.32. The van der Waals surface area contributed by atoms with E-state index >= 15 is 0 Å². The predicted octanol–water partition coefficient (Wildman–Crippen LogP) is 1.03. The average molecular weight is 284 g/mol. The molecule has 1 aromatic carbocycles.